The van der Waals surface area contributed by atoms with E-state index in [1.54, 1.807) is 24.5 Å². The summed E-state index contributed by atoms with van der Waals surface area (Å²) >= 11 is 0. The Morgan fingerprint density at radius 2 is 1.86 bits per heavy atom. The summed E-state index contributed by atoms with van der Waals surface area (Å²) in [6, 6.07) is 7.64. The van der Waals surface area contributed by atoms with Crippen LogP contribution >= 0.6 is 0 Å². The van der Waals surface area contributed by atoms with Crippen molar-refractivity contribution in [3.8, 4) is 5.75 Å². The quantitative estimate of drug-likeness (QED) is 0.474. The van der Waals surface area contributed by atoms with Gasteiger partial charge in [0.1, 0.15) is 23.4 Å². The number of benzene rings is 1. The zero-order valence-corrected chi connectivity index (χ0v) is 21.9. The Kier molecular flexibility index (Phi) is 6.43. The lowest BCUT2D eigenvalue weighted by Gasteiger charge is -2.44. The first-order valence-corrected chi connectivity index (χ1v) is 12.6. The molecule has 0 aliphatic carbocycles. The van der Waals surface area contributed by atoms with Gasteiger partial charge in [0, 0.05) is 38.6 Å². The van der Waals surface area contributed by atoms with Gasteiger partial charge in [0.2, 0.25) is 0 Å². The maximum atomic E-state index is 13.7. The summed E-state index contributed by atoms with van der Waals surface area (Å²) in [6.07, 6.45) is 8.79. The van der Waals surface area contributed by atoms with Crippen molar-refractivity contribution in [2.24, 2.45) is 0 Å². The summed E-state index contributed by atoms with van der Waals surface area (Å²) in [4.78, 5) is 41.0. The van der Waals surface area contributed by atoms with Gasteiger partial charge < -0.3 is 28.6 Å². The summed E-state index contributed by atoms with van der Waals surface area (Å²) in [5.41, 5.74) is 0.983. The lowest BCUT2D eigenvalue weighted by molar-refractivity contribution is -0.155. The maximum Gasteiger partial charge on any atom is 0.326 e. The Morgan fingerprint density at radius 3 is 2.54 bits per heavy atom. The number of carbonyl (C=O) groups excluding carboxylic acids is 2. The topological polar surface area (TPSA) is 92.5 Å². The van der Waals surface area contributed by atoms with Crippen LogP contribution in [0.3, 0.4) is 0 Å². The molecule has 2 fully saturated rings. The van der Waals surface area contributed by atoms with E-state index in [4.69, 9.17) is 9.47 Å². The third-order valence-corrected chi connectivity index (χ3v) is 7.11. The number of esters is 1. The first-order chi connectivity index (χ1) is 17.7. The van der Waals surface area contributed by atoms with E-state index in [0.717, 1.165) is 48.6 Å². The molecule has 1 spiro atoms. The molecular formula is C27H34N6O4. The molecular weight excluding hydrogens is 472 g/mol. The molecule has 0 unspecified atom stereocenters. The van der Waals surface area contributed by atoms with Crippen LogP contribution in [0.1, 0.15) is 39.2 Å². The molecule has 2 aliphatic rings. The zero-order chi connectivity index (χ0) is 26.2. The van der Waals surface area contributed by atoms with Gasteiger partial charge >= 0.3 is 12.0 Å². The standard InChI is InChI=1S/C27H34N6O4/c1-26(2,3)37-23(34)17-32-18-27(33(25(32)35)16-20-5-7-21(36-4)8-6-20)9-12-30(13-10-27)24-22-15-28-19-31(22)14-11-29-24/h5-8,11,14-15,19H,9-10,12-13,16-18H2,1-4H3. The van der Waals surface area contributed by atoms with Crippen molar-refractivity contribution >= 4 is 23.3 Å². The maximum absolute atomic E-state index is 13.7. The third-order valence-electron chi connectivity index (χ3n) is 7.11. The third kappa shape index (κ3) is 5.05. The van der Waals surface area contributed by atoms with Crippen molar-refractivity contribution in [3.63, 3.8) is 0 Å². The molecule has 0 atom stereocenters. The zero-order valence-electron chi connectivity index (χ0n) is 21.9. The molecule has 37 heavy (non-hydrogen) atoms. The molecule has 2 amide bonds. The largest absolute Gasteiger partial charge is 0.497 e. The lowest BCUT2D eigenvalue weighted by Crippen LogP contribution is -2.54. The van der Waals surface area contributed by atoms with Crippen LogP contribution in [0.4, 0.5) is 10.6 Å². The predicted molar refractivity (Wildman–Crippen MR) is 139 cm³/mol. The molecule has 0 N–H and O–H groups in total. The summed E-state index contributed by atoms with van der Waals surface area (Å²) < 4.78 is 12.8. The van der Waals surface area contributed by atoms with E-state index in [-0.39, 0.29) is 18.1 Å². The number of amides is 2. The second-order valence-corrected chi connectivity index (χ2v) is 10.8. The SMILES string of the molecule is COc1ccc(CN2C(=O)N(CC(=O)OC(C)(C)C)CC23CCN(c2nccn4cncc24)CC3)cc1. The minimum absolute atomic E-state index is 0.0582. The number of ether oxygens (including phenoxy) is 2. The van der Waals surface area contributed by atoms with E-state index < -0.39 is 11.6 Å². The highest BCUT2D eigenvalue weighted by Gasteiger charge is 2.51. The monoisotopic (exact) mass is 506 g/mol. The number of imidazole rings is 1. The predicted octanol–water partition coefficient (Wildman–Crippen LogP) is 3.36. The Hall–Kier alpha value is -3.82. The summed E-state index contributed by atoms with van der Waals surface area (Å²) in [5, 5.41) is 0. The van der Waals surface area contributed by atoms with Crippen LogP contribution in [0.5, 0.6) is 5.75 Å². The van der Waals surface area contributed by atoms with Crippen molar-refractivity contribution < 1.29 is 19.1 Å². The fourth-order valence-corrected chi connectivity index (χ4v) is 5.33. The van der Waals surface area contributed by atoms with Crippen LogP contribution in [0.15, 0.2) is 49.2 Å². The summed E-state index contributed by atoms with van der Waals surface area (Å²) in [6.45, 7) is 7.87. The van der Waals surface area contributed by atoms with Gasteiger partial charge in [0.25, 0.3) is 0 Å². The van der Waals surface area contributed by atoms with Crippen molar-refractivity contribution in [1.29, 1.82) is 0 Å². The first kappa shape index (κ1) is 24.9. The van der Waals surface area contributed by atoms with Crippen molar-refractivity contribution in [2.75, 3.05) is 38.2 Å². The van der Waals surface area contributed by atoms with Gasteiger partial charge in [-0.2, -0.15) is 0 Å². The number of anilines is 1. The molecule has 0 radical (unpaired) electrons. The van der Waals surface area contributed by atoms with E-state index in [0.29, 0.717) is 13.1 Å². The molecule has 10 heteroatoms. The average molecular weight is 507 g/mol. The van der Waals surface area contributed by atoms with Crippen LogP contribution in [-0.2, 0) is 16.1 Å². The number of hydrogen-bond donors (Lipinski definition) is 0. The Bertz CT molecular complexity index is 1270. The molecule has 2 aromatic heterocycles. The first-order valence-electron chi connectivity index (χ1n) is 12.6. The van der Waals surface area contributed by atoms with Gasteiger partial charge in [0.15, 0.2) is 5.82 Å². The van der Waals surface area contributed by atoms with Gasteiger partial charge in [0.05, 0.1) is 25.2 Å². The van der Waals surface area contributed by atoms with Crippen molar-refractivity contribution in [1.82, 2.24) is 24.2 Å². The fourth-order valence-electron chi connectivity index (χ4n) is 5.33. The van der Waals surface area contributed by atoms with Crippen LogP contribution in [-0.4, -0.2) is 80.6 Å². The number of carbonyl (C=O) groups is 2. The van der Waals surface area contributed by atoms with Gasteiger partial charge in [-0.3, -0.25) is 4.79 Å². The van der Waals surface area contributed by atoms with Crippen LogP contribution in [0.25, 0.3) is 5.52 Å². The van der Waals surface area contributed by atoms with Gasteiger partial charge in [-0.15, -0.1) is 0 Å². The minimum Gasteiger partial charge on any atom is -0.497 e. The van der Waals surface area contributed by atoms with E-state index in [2.05, 4.69) is 14.9 Å². The van der Waals surface area contributed by atoms with Gasteiger partial charge in [-0.25, -0.2) is 14.8 Å². The average Bonchev–Trinajstić information content (AvgIpc) is 3.43. The van der Waals surface area contributed by atoms with Gasteiger partial charge in [-0.05, 0) is 51.3 Å². The number of methoxy groups -OCH3 is 1. The van der Waals surface area contributed by atoms with Crippen LogP contribution in [0.2, 0.25) is 0 Å². The summed E-state index contributed by atoms with van der Waals surface area (Å²) in [7, 11) is 1.63. The van der Waals surface area contributed by atoms with E-state index >= 15 is 0 Å². The summed E-state index contributed by atoms with van der Waals surface area (Å²) in [5.74, 6) is 1.27. The molecule has 2 aliphatic heterocycles. The van der Waals surface area contributed by atoms with Crippen molar-refractivity contribution in [3.05, 3.63) is 54.7 Å². The number of fused-ring (bicyclic) bond motifs is 1. The van der Waals surface area contributed by atoms with E-state index in [1.807, 2.05) is 66.7 Å². The molecule has 0 bridgehead atoms. The fraction of sp³-hybridized carbons (Fsp3) is 0.481. The molecule has 5 rings (SSSR count). The Balaban J connectivity index is 1.38. The number of aromatic nitrogens is 3. The smallest absolute Gasteiger partial charge is 0.326 e. The molecule has 3 aromatic rings. The van der Waals surface area contributed by atoms with Crippen LogP contribution in [0, 0.1) is 0 Å². The van der Waals surface area contributed by atoms with E-state index in [9.17, 15) is 9.59 Å². The normalized spacial score (nSPS) is 17.6. The number of hydrogen-bond acceptors (Lipinski definition) is 7. The number of nitrogens with zero attached hydrogens (tertiary/aromatic N) is 6. The molecule has 1 aromatic carbocycles. The highest BCUT2D eigenvalue weighted by Crippen LogP contribution is 2.39. The lowest BCUT2D eigenvalue weighted by atomic mass is 9.86. The molecule has 4 heterocycles. The van der Waals surface area contributed by atoms with E-state index in [1.165, 1.54) is 0 Å². The van der Waals surface area contributed by atoms with Gasteiger partial charge in [-0.1, -0.05) is 12.1 Å². The second kappa shape index (κ2) is 9.57. The highest BCUT2D eigenvalue weighted by molar-refractivity contribution is 5.84. The molecule has 0 saturated carbocycles. The second-order valence-electron chi connectivity index (χ2n) is 10.8. The molecule has 10 nitrogen and oxygen atoms in total. The Labute approximate surface area is 216 Å². The number of urea groups is 1. The number of piperidine rings is 1. The number of rotatable bonds is 6. The molecule has 196 valence electrons. The highest BCUT2D eigenvalue weighted by atomic mass is 16.6. The Morgan fingerprint density at radius 1 is 1.14 bits per heavy atom. The van der Waals surface area contributed by atoms with Crippen LogP contribution < -0.4 is 9.64 Å². The molecule has 2 saturated heterocycles. The minimum atomic E-state index is -0.604. The van der Waals surface area contributed by atoms with Crippen molar-refractivity contribution in [2.45, 2.75) is 51.3 Å².